The summed E-state index contributed by atoms with van der Waals surface area (Å²) in [5.41, 5.74) is 8.09. The Bertz CT molecular complexity index is 469. The van der Waals surface area contributed by atoms with Crippen molar-refractivity contribution in [2.75, 3.05) is 6.54 Å². The van der Waals surface area contributed by atoms with E-state index in [9.17, 15) is 4.79 Å². The summed E-state index contributed by atoms with van der Waals surface area (Å²) in [5.74, 6) is 0. The fourth-order valence-electron chi connectivity index (χ4n) is 1.40. The molecule has 4 N–H and O–H groups in total. The molecule has 0 atom stereocenters. The molecule has 0 fully saturated rings. The summed E-state index contributed by atoms with van der Waals surface area (Å²) in [6, 6.07) is 5.80. The molecule has 2 aromatic rings. The molecule has 0 aliphatic heterocycles. The second-order valence-electron chi connectivity index (χ2n) is 3.00. The van der Waals surface area contributed by atoms with Gasteiger partial charge in [0.05, 0.1) is 11.0 Å². The molecule has 0 saturated heterocycles. The molecule has 0 spiro atoms. The van der Waals surface area contributed by atoms with Crippen molar-refractivity contribution in [3.63, 3.8) is 0 Å². The van der Waals surface area contributed by atoms with Crippen LogP contribution >= 0.6 is 0 Å². The van der Waals surface area contributed by atoms with Gasteiger partial charge in [-0.25, -0.2) is 4.79 Å². The number of aromatic amines is 2. The first kappa shape index (κ1) is 8.07. The lowest BCUT2D eigenvalue weighted by Crippen LogP contribution is -2.02. The summed E-state index contributed by atoms with van der Waals surface area (Å²) in [6.45, 7) is 0.625. The average Bonchev–Trinajstić information content (AvgIpc) is 2.44. The molecule has 68 valence electrons. The van der Waals surface area contributed by atoms with E-state index in [4.69, 9.17) is 5.73 Å². The number of H-pyrrole nitrogens is 2. The minimum atomic E-state index is -0.167. The van der Waals surface area contributed by atoms with Gasteiger partial charge in [-0.2, -0.15) is 0 Å². The first-order chi connectivity index (χ1) is 6.29. The third-order valence-corrected chi connectivity index (χ3v) is 2.01. The molecule has 0 radical (unpaired) electrons. The smallest absolute Gasteiger partial charge is 0.323 e. The standard InChI is InChI=1S/C9H11N3O/c10-4-3-6-1-2-7-8(5-6)12-9(13)11-7/h1-2,5H,3-4,10H2,(H2,11,12,13). The number of hydrogen-bond acceptors (Lipinski definition) is 2. The molecular weight excluding hydrogens is 166 g/mol. The molecule has 0 aliphatic carbocycles. The van der Waals surface area contributed by atoms with E-state index in [1.165, 1.54) is 0 Å². The van der Waals surface area contributed by atoms with E-state index in [1.807, 2.05) is 18.2 Å². The van der Waals surface area contributed by atoms with Gasteiger partial charge in [-0.15, -0.1) is 0 Å². The summed E-state index contributed by atoms with van der Waals surface area (Å²) in [4.78, 5) is 16.3. The van der Waals surface area contributed by atoms with Crippen molar-refractivity contribution >= 4 is 11.0 Å². The Morgan fingerprint density at radius 2 is 2.00 bits per heavy atom. The van der Waals surface area contributed by atoms with Crippen LogP contribution in [0.5, 0.6) is 0 Å². The van der Waals surface area contributed by atoms with Crippen LogP contribution in [-0.4, -0.2) is 16.5 Å². The third-order valence-electron chi connectivity index (χ3n) is 2.01. The van der Waals surface area contributed by atoms with Crippen molar-refractivity contribution < 1.29 is 0 Å². The van der Waals surface area contributed by atoms with Crippen LogP contribution in [0, 0.1) is 0 Å². The fraction of sp³-hybridized carbons (Fsp3) is 0.222. The lowest BCUT2D eigenvalue weighted by atomic mass is 10.1. The molecule has 13 heavy (non-hydrogen) atoms. The van der Waals surface area contributed by atoms with Crippen molar-refractivity contribution in [1.82, 2.24) is 9.97 Å². The van der Waals surface area contributed by atoms with Gasteiger partial charge in [0.2, 0.25) is 0 Å². The third kappa shape index (κ3) is 1.48. The van der Waals surface area contributed by atoms with Crippen LogP contribution in [0.2, 0.25) is 0 Å². The molecule has 1 heterocycles. The topological polar surface area (TPSA) is 74.7 Å². The van der Waals surface area contributed by atoms with Crippen LogP contribution in [-0.2, 0) is 6.42 Å². The Hall–Kier alpha value is -1.55. The normalized spacial score (nSPS) is 10.8. The van der Waals surface area contributed by atoms with Gasteiger partial charge in [0.25, 0.3) is 0 Å². The number of imidazole rings is 1. The minimum absolute atomic E-state index is 0.167. The minimum Gasteiger partial charge on any atom is -0.330 e. The van der Waals surface area contributed by atoms with Gasteiger partial charge in [-0.1, -0.05) is 6.07 Å². The summed E-state index contributed by atoms with van der Waals surface area (Å²) in [5, 5.41) is 0. The number of benzene rings is 1. The van der Waals surface area contributed by atoms with Crippen molar-refractivity contribution in [2.24, 2.45) is 5.73 Å². The lowest BCUT2D eigenvalue weighted by molar-refractivity contribution is 0.970. The molecule has 2 rings (SSSR count). The molecular formula is C9H11N3O. The first-order valence-electron chi connectivity index (χ1n) is 4.20. The van der Waals surface area contributed by atoms with Crippen LogP contribution in [0.4, 0.5) is 0 Å². The number of nitrogens with one attached hydrogen (secondary N) is 2. The molecule has 1 aromatic heterocycles. The Balaban J connectivity index is 2.54. The number of hydrogen-bond donors (Lipinski definition) is 3. The monoisotopic (exact) mass is 177 g/mol. The van der Waals surface area contributed by atoms with Gasteiger partial charge in [0.1, 0.15) is 0 Å². The van der Waals surface area contributed by atoms with Gasteiger partial charge < -0.3 is 15.7 Å². The lowest BCUT2D eigenvalue weighted by Gasteiger charge is -1.96. The number of aromatic nitrogens is 2. The van der Waals surface area contributed by atoms with Crippen molar-refractivity contribution in [2.45, 2.75) is 6.42 Å². The highest BCUT2D eigenvalue weighted by atomic mass is 16.1. The van der Waals surface area contributed by atoms with Crippen molar-refractivity contribution in [3.05, 3.63) is 34.2 Å². The highest BCUT2D eigenvalue weighted by Crippen LogP contribution is 2.09. The number of rotatable bonds is 2. The highest BCUT2D eigenvalue weighted by molar-refractivity contribution is 5.74. The van der Waals surface area contributed by atoms with Gasteiger partial charge in [-0.05, 0) is 30.7 Å². The average molecular weight is 177 g/mol. The Labute approximate surface area is 74.8 Å². The number of nitrogens with two attached hydrogens (primary N) is 1. The SMILES string of the molecule is NCCc1ccc2[nH]c(=O)[nH]c2c1. The van der Waals surface area contributed by atoms with Crippen LogP contribution in [0.1, 0.15) is 5.56 Å². The van der Waals surface area contributed by atoms with Crippen LogP contribution < -0.4 is 11.4 Å². The molecule has 0 bridgehead atoms. The molecule has 0 saturated carbocycles. The van der Waals surface area contributed by atoms with Gasteiger partial charge in [0.15, 0.2) is 0 Å². The molecule has 0 amide bonds. The highest BCUT2D eigenvalue weighted by Gasteiger charge is 1.98. The molecule has 4 heteroatoms. The maximum atomic E-state index is 10.9. The van der Waals surface area contributed by atoms with Crippen molar-refractivity contribution in [3.8, 4) is 0 Å². The van der Waals surface area contributed by atoms with Gasteiger partial charge in [0, 0.05) is 0 Å². The zero-order valence-electron chi connectivity index (χ0n) is 7.13. The molecule has 1 aromatic carbocycles. The Morgan fingerprint density at radius 1 is 1.23 bits per heavy atom. The summed E-state index contributed by atoms with van der Waals surface area (Å²) < 4.78 is 0. The predicted octanol–water partition coefficient (Wildman–Crippen LogP) is 0.357. The predicted molar refractivity (Wildman–Crippen MR) is 51.7 cm³/mol. The van der Waals surface area contributed by atoms with E-state index in [-0.39, 0.29) is 5.69 Å². The van der Waals surface area contributed by atoms with E-state index in [0.29, 0.717) is 6.54 Å². The molecule has 0 unspecified atom stereocenters. The van der Waals surface area contributed by atoms with Crippen molar-refractivity contribution in [1.29, 1.82) is 0 Å². The zero-order chi connectivity index (χ0) is 9.26. The zero-order valence-corrected chi connectivity index (χ0v) is 7.13. The van der Waals surface area contributed by atoms with Gasteiger partial charge >= 0.3 is 5.69 Å². The Morgan fingerprint density at radius 3 is 2.77 bits per heavy atom. The first-order valence-corrected chi connectivity index (χ1v) is 4.20. The Kier molecular flexibility index (Phi) is 1.90. The van der Waals surface area contributed by atoms with Crippen LogP contribution in [0.3, 0.4) is 0 Å². The summed E-state index contributed by atoms with van der Waals surface area (Å²) in [6.07, 6.45) is 0.836. The van der Waals surface area contributed by atoms with Gasteiger partial charge in [-0.3, -0.25) is 0 Å². The quantitative estimate of drug-likeness (QED) is 0.619. The maximum Gasteiger partial charge on any atom is 0.323 e. The summed E-state index contributed by atoms with van der Waals surface area (Å²) >= 11 is 0. The largest absolute Gasteiger partial charge is 0.330 e. The van der Waals surface area contributed by atoms with Crippen LogP contribution in [0.15, 0.2) is 23.0 Å². The van der Waals surface area contributed by atoms with E-state index >= 15 is 0 Å². The fourth-order valence-corrected chi connectivity index (χ4v) is 1.40. The van der Waals surface area contributed by atoms with E-state index in [2.05, 4.69) is 9.97 Å². The maximum absolute atomic E-state index is 10.9. The number of fused-ring (bicyclic) bond motifs is 1. The van der Waals surface area contributed by atoms with E-state index < -0.39 is 0 Å². The van der Waals surface area contributed by atoms with E-state index in [1.54, 1.807) is 0 Å². The summed E-state index contributed by atoms with van der Waals surface area (Å²) in [7, 11) is 0. The van der Waals surface area contributed by atoms with E-state index in [0.717, 1.165) is 23.0 Å². The van der Waals surface area contributed by atoms with Crippen LogP contribution in [0.25, 0.3) is 11.0 Å². The molecule has 0 aliphatic rings. The second-order valence-corrected chi connectivity index (χ2v) is 3.00. The second kappa shape index (κ2) is 3.06. The molecule has 4 nitrogen and oxygen atoms in total.